The average molecular weight is 329 g/mol. The van der Waals surface area contributed by atoms with E-state index in [0.717, 1.165) is 0 Å². The number of benzene rings is 3. The Balaban J connectivity index is 1.59. The Kier molecular flexibility index (Phi) is 4.08. The monoisotopic (exact) mass is 329 g/mol. The molecule has 0 aliphatic rings. The van der Waals surface area contributed by atoms with Crippen LogP contribution in [-0.4, -0.2) is 0 Å². The number of rotatable bonds is 4. The molecule has 0 saturated carbocycles. The van der Waals surface area contributed by atoms with Gasteiger partial charge in [0, 0.05) is 12.1 Å². The van der Waals surface area contributed by atoms with Crippen LogP contribution in [0.2, 0.25) is 0 Å². The minimum atomic E-state index is -0.00327. The van der Waals surface area contributed by atoms with Crippen LogP contribution in [0.5, 0.6) is 0 Å². The zero-order valence-corrected chi connectivity index (χ0v) is 14.0. The molecule has 4 aromatic rings. The first-order valence-corrected chi connectivity index (χ1v) is 8.45. The summed E-state index contributed by atoms with van der Waals surface area (Å²) in [6, 6.07) is 23.7. The van der Waals surface area contributed by atoms with Gasteiger partial charge in [0.05, 0.1) is 11.9 Å². The molecular formula is C22H19NO2. The van der Waals surface area contributed by atoms with Gasteiger partial charge >= 0.3 is 0 Å². The van der Waals surface area contributed by atoms with E-state index in [1.165, 1.54) is 16.3 Å². The van der Waals surface area contributed by atoms with E-state index in [4.69, 9.17) is 4.42 Å². The summed E-state index contributed by atoms with van der Waals surface area (Å²) in [6.45, 7) is 2.63. The third-order valence-electron chi connectivity index (χ3n) is 4.56. The molecule has 0 fully saturated rings. The van der Waals surface area contributed by atoms with E-state index in [2.05, 4.69) is 48.6 Å². The summed E-state index contributed by atoms with van der Waals surface area (Å²) in [5.41, 5.74) is 1.86. The molecule has 0 saturated heterocycles. The Morgan fingerprint density at radius 3 is 2.52 bits per heavy atom. The molecule has 3 aromatic carbocycles. The van der Waals surface area contributed by atoms with Crippen LogP contribution in [0.25, 0.3) is 21.7 Å². The smallest absolute Gasteiger partial charge is 0.192 e. The number of hydrogen-bond acceptors (Lipinski definition) is 3. The molecule has 0 radical (unpaired) electrons. The number of nitrogens with one attached hydrogen (secondary N) is 1. The average Bonchev–Trinajstić information content (AvgIpc) is 2.66. The number of para-hydroxylation sites is 1. The first-order valence-electron chi connectivity index (χ1n) is 8.45. The molecule has 1 atom stereocenters. The molecule has 1 heterocycles. The predicted molar refractivity (Wildman–Crippen MR) is 102 cm³/mol. The Bertz CT molecular complexity index is 1090. The van der Waals surface area contributed by atoms with Gasteiger partial charge in [-0.05, 0) is 35.4 Å². The maximum absolute atomic E-state index is 12.2. The van der Waals surface area contributed by atoms with Crippen molar-refractivity contribution < 1.29 is 4.42 Å². The van der Waals surface area contributed by atoms with E-state index in [-0.39, 0.29) is 11.5 Å². The highest BCUT2D eigenvalue weighted by Gasteiger charge is 2.10. The number of fused-ring (bicyclic) bond motifs is 2. The van der Waals surface area contributed by atoms with E-state index < -0.39 is 0 Å². The summed E-state index contributed by atoms with van der Waals surface area (Å²) in [5.74, 6) is 0.649. The fourth-order valence-electron chi connectivity index (χ4n) is 3.23. The van der Waals surface area contributed by atoms with Crippen molar-refractivity contribution in [2.75, 3.05) is 0 Å². The lowest BCUT2D eigenvalue weighted by molar-refractivity contribution is 0.475. The summed E-state index contributed by atoms with van der Waals surface area (Å²) >= 11 is 0. The molecule has 0 amide bonds. The van der Waals surface area contributed by atoms with Crippen molar-refractivity contribution in [1.82, 2.24) is 5.32 Å². The molecular weight excluding hydrogens is 310 g/mol. The van der Waals surface area contributed by atoms with E-state index in [1.807, 2.05) is 24.3 Å². The van der Waals surface area contributed by atoms with Crippen molar-refractivity contribution in [2.24, 2.45) is 0 Å². The van der Waals surface area contributed by atoms with Gasteiger partial charge < -0.3 is 9.73 Å². The zero-order chi connectivity index (χ0) is 17.2. The van der Waals surface area contributed by atoms with E-state index in [1.54, 1.807) is 12.1 Å². The van der Waals surface area contributed by atoms with Crippen LogP contribution in [-0.2, 0) is 6.54 Å². The molecule has 124 valence electrons. The lowest BCUT2D eigenvalue weighted by Gasteiger charge is -2.16. The van der Waals surface area contributed by atoms with Crippen LogP contribution in [0.4, 0.5) is 0 Å². The van der Waals surface area contributed by atoms with Gasteiger partial charge in [0.2, 0.25) is 0 Å². The van der Waals surface area contributed by atoms with Crippen LogP contribution < -0.4 is 10.7 Å². The highest BCUT2D eigenvalue weighted by Crippen LogP contribution is 2.24. The molecule has 0 unspecified atom stereocenters. The van der Waals surface area contributed by atoms with Crippen LogP contribution in [0.15, 0.2) is 82.0 Å². The van der Waals surface area contributed by atoms with Gasteiger partial charge in [0.25, 0.3) is 0 Å². The maximum atomic E-state index is 12.2. The normalized spacial score (nSPS) is 12.5. The standard InChI is InChI=1S/C22H19NO2/c1-15(18-11-6-8-16-7-2-3-9-19(16)18)23-14-17-13-21(24)20-10-4-5-12-22(20)25-17/h2-13,15,23H,14H2,1H3/t15-/m1/s1. The van der Waals surface area contributed by atoms with Crippen molar-refractivity contribution in [2.45, 2.75) is 19.5 Å². The third kappa shape index (κ3) is 3.06. The van der Waals surface area contributed by atoms with Gasteiger partial charge in [-0.1, -0.05) is 54.6 Å². The fraction of sp³-hybridized carbons (Fsp3) is 0.136. The fourth-order valence-corrected chi connectivity index (χ4v) is 3.23. The minimum absolute atomic E-state index is 0.00327. The molecule has 3 heteroatoms. The van der Waals surface area contributed by atoms with Crippen molar-refractivity contribution >= 4 is 21.7 Å². The highest BCUT2D eigenvalue weighted by atomic mass is 16.3. The Morgan fingerprint density at radius 1 is 0.920 bits per heavy atom. The predicted octanol–water partition coefficient (Wildman–Crippen LogP) is 4.80. The first-order chi connectivity index (χ1) is 12.2. The second-order valence-corrected chi connectivity index (χ2v) is 6.24. The third-order valence-corrected chi connectivity index (χ3v) is 4.56. The number of hydrogen-bond donors (Lipinski definition) is 1. The van der Waals surface area contributed by atoms with Crippen molar-refractivity contribution in [3.8, 4) is 0 Å². The van der Waals surface area contributed by atoms with E-state index >= 15 is 0 Å². The lowest BCUT2D eigenvalue weighted by Crippen LogP contribution is -2.19. The molecule has 0 aliphatic carbocycles. The molecule has 3 nitrogen and oxygen atoms in total. The summed E-state index contributed by atoms with van der Waals surface area (Å²) in [4.78, 5) is 12.2. The van der Waals surface area contributed by atoms with E-state index in [9.17, 15) is 4.79 Å². The molecule has 1 aromatic heterocycles. The summed E-state index contributed by atoms with van der Waals surface area (Å²) in [6.07, 6.45) is 0. The van der Waals surface area contributed by atoms with Gasteiger partial charge in [-0.2, -0.15) is 0 Å². The molecule has 0 bridgehead atoms. The summed E-state index contributed by atoms with van der Waals surface area (Å²) in [7, 11) is 0. The topological polar surface area (TPSA) is 42.2 Å². The second kappa shape index (κ2) is 6.54. The van der Waals surface area contributed by atoms with Gasteiger partial charge in [0.15, 0.2) is 5.43 Å². The molecule has 25 heavy (non-hydrogen) atoms. The largest absolute Gasteiger partial charge is 0.459 e. The van der Waals surface area contributed by atoms with Crippen molar-refractivity contribution in [3.05, 3.63) is 94.3 Å². The molecule has 1 N–H and O–H groups in total. The Labute approximate surface area is 145 Å². The van der Waals surface area contributed by atoms with Crippen LogP contribution >= 0.6 is 0 Å². The van der Waals surface area contributed by atoms with Crippen LogP contribution in [0.3, 0.4) is 0 Å². The zero-order valence-electron chi connectivity index (χ0n) is 14.0. The Hall–Kier alpha value is -2.91. The van der Waals surface area contributed by atoms with Crippen molar-refractivity contribution in [1.29, 1.82) is 0 Å². The minimum Gasteiger partial charge on any atom is -0.459 e. The first kappa shape index (κ1) is 15.6. The summed E-state index contributed by atoms with van der Waals surface area (Å²) in [5, 5.41) is 6.55. The summed E-state index contributed by atoms with van der Waals surface area (Å²) < 4.78 is 5.85. The van der Waals surface area contributed by atoms with E-state index in [0.29, 0.717) is 23.3 Å². The van der Waals surface area contributed by atoms with Gasteiger partial charge in [-0.25, -0.2) is 0 Å². The van der Waals surface area contributed by atoms with Crippen LogP contribution in [0, 0.1) is 0 Å². The quantitative estimate of drug-likeness (QED) is 0.585. The SMILES string of the molecule is C[C@@H](NCc1cc(=O)c2ccccc2o1)c1cccc2ccccc12. The van der Waals surface area contributed by atoms with Crippen molar-refractivity contribution in [3.63, 3.8) is 0 Å². The van der Waals surface area contributed by atoms with Gasteiger partial charge in [-0.15, -0.1) is 0 Å². The van der Waals surface area contributed by atoms with Crippen LogP contribution in [0.1, 0.15) is 24.3 Å². The van der Waals surface area contributed by atoms with Gasteiger partial charge in [0.1, 0.15) is 11.3 Å². The lowest BCUT2D eigenvalue weighted by atomic mass is 10.00. The Morgan fingerprint density at radius 2 is 1.64 bits per heavy atom. The maximum Gasteiger partial charge on any atom is 0.192 e. The van der Waals surface area contributed by atoms with Gasteiger partial charge in [-0.3, -0.25) is 4.79 Å². The second-order valence-electron chi connectivity index (χ2n) is 6.24. The highest BCUT2D eigenvalue weighted by molar-refractivity contribution is 5.86. The molecule has 4 rings (SSSR count). The molecule has 0 spiro atoms. The molecule has 0 aliphatic heterocycles.